The van der Waals surface area contributed by atoms with Crippen LogP contribution in [-0.2, 0) is 4.74 Å². The fourth-order valence-electron chi connectivity index (χ4n) is 3.97. The Morgan fingerprint density at radius 3 is 2.13 bits per heavy atom. The van der Waals surface area contributed by atoms with Crippen LogP contribution in [0.25, 0.3) is 11.1 Å². The molecule has 208 valence electrons. The van der Waals surface area contributed by atoms with Gasteiger partial charge in [-0.1, -0.05) is 57.7 Å². The Bertz CT molecular complexity index is 1210. The van der Waals surface area contributed by atoms with Crippen LogP contribution in [0, 0.1) is 5.82 Å². The average molecular weight is 537 g/mol. The lowest BCUT2D eigenvalue weighted by atomic mass is 10.0. The molecule has 1 heterocycles. The summed E-state index contributed by atoms with van der Waals surface area (Å²) in [6.07, 6.45) is 6.46. The van der Waals surface area contributed by atoms with Crippen molar-refractivity contribution in [2.45, 2.75) is 58.5 Å². The molecule has 3 aromatic carbocycles. The van der Waals surface area contributed by atoms with Crippen LogP contribution in [0.3, 0.4) is 0 Å². The van der Waals surface area contributed by atoms with E-state index in [0.29, 0.717) is 43.5 Å². The van der Waals surface area contributed by atoms with Crippen LogP contribution in [0.2, 0.25) is 0 Å². The zero-order valence-corrected chi connectivity index (χ0v) is 22.7. The summed E-state index contributed by atoms with van der Waals surface area (Å²) in [6, 6.07) is 16.9. The van der Waals surface area contributed by atoms with Crippen molar-refractivity contribution < 1.29 is 32.9 Å². The van der Waals surface area contributed by atoms with Crippen LogP contribution in [0.5, 0.6) is 23.0 Å². The Morgan fingerprint density at radius 2 is 1.46 bits per heavy atom. The smallest absolute Gasteiger partial charge is 0.346 e. The number of epoxide rings is 1. The summed E-state index contributed by atoms with van der Waals surface area (Å²) in [5.74, 6) is 0.602. The first-order valence-corrected chi connectivity index (χ1v) is 13.8. The minimum Gasteiger partial charge on any atom is -0.494 e. The van der Waals surface area contributed by atoms with Gasteiger partial charge in [0.05, 0.1) is 25.4 Å². The molecule has 39 heavy (non-hydrogen) atoms. The maximum Gasteiger partial charge on any atom is 0.346 e. The molecule has 3 aromatic rings. The summed E-state index contributed by atoms with van der Waals surface area (Å²) >= 11 is 0. The summed E-state index contributed by atoms with van der Waals surface area (Å²) in [7, 11) is 0. The van der Waals surface area contributed by atoms with Crippen molar-refractivity contribution in [2.24, 2.45) is 0 Å². The predicted molar refractivity (Wildman–Crippen MR) is 149 cm³/mol. The number of benzene rings is 3. The molecule has 1 atom stereocenters. The lowest BCUT2D eigenvalue weighted by Crippen LogP contribution is -2.11. The lowest BCUT2D eigenvalue weighted by Gasteiger charge is -2.14. The van der Waals surface area contributed by atoms with Gasteiger partial charge in [0.2, 0.25) is 0 Å². The number of hydrogen-bond acceptors (Lipinski definition) is 6. The van der Waals surface area contributed by atoms with E-state index in [-0.39, 0.29) is 17.4 Å². The number of esters is 1. The van der Waals surface area contributed by atoms with Crippen molar-refractivity contribution in [3.63, 3.8) is 0 Å². The van der Waals surface area contributed by atoms with Gasteiger partial charge in [0.15, 0.2) is 11.5 Å². The average Bonchev–Trinajstić information content (AvgIpc) is 3.78. The Kier molecular flexibility index (Phi) is 10.6. The highest BCUT2D eigenvalue weighted by atomic mass is 19.1. The van der Waals surface area contributed by atoms with E-state index in [4.69, 9.17) is 23.7 Å². The van der Waals surface area contributed by atoms with Gasteiger partial charge < -0.3 is 23.7 Å². The molecule has 4 rings (SSSR count). The van der Waals surface area contributed by atoms with Crippen molar-refractivity contribution in [1.29, 1.82) is 0 Å². The number of ether oxygens (including phenoxy) is 5. The molecule has 1 saturated heterocycles. The van der Waals surface area contributed by atoms with Gasteiger partial charge in [-0.3, -0.25) is 0 Å². The van der Waals surface area contributed by atoms with E-state index in [0.717, 1.165) is 49.8 Å². The molecule has 0 radical (unpaired) electrons. The van der Waals surface area contributed by atoms with Crippen LogP contribution in [0.1, 0.15) is 62.7 Å². The number of halogens is 1. The van der Waals surface area contributed by atoms with Crippen molar-refractivity contribution in [2.75, 3.05) is 26.4 Å². The molecule has 0 N–H and O–H groups in total. The van der Waals surface area contributed by atoms with Gasteiger partial charge in [0, 0.05) is 6.07 Å². The largest absolute Gasteiger partial charge is 0.494 e. The van der Waals surface area contributed by atoms with Gasteiger partial charge in [-0.2, -0.15) is 0 Å². The third-order valence-corrected chi connectivity index (χ3v) is 6.35. The zero-order chi connectivity index (χ0) is 27.5. The maximum absolute atomic E-state index is 15.0. The molecule has 0 amide bonds. The third-order valence-electron chi connectivity index (χ3n) is 6.35. The fourth-order valence-corrected chi connectivity index (χ4v) is 3.97. The second-order valence-electron chi connectivity index (χ2n) is 9.59. The summed E-state index contributed by atoms with van der Waals surface area (Å²) in [4.78, 5) is 12.8. The molecule has 1 aliphatic heterocycles. The van der Waals surface area contributed by atoms with E-state index in [1.165, 1.54) is 12.1 Å². The molecule has 0 aromatic heterocycles. The fraction of sp³-hybridized carbons (Fsp3) is 0.406. The Labute approximate surface area is 230 Å². The van der Waals surface area contributed by atoms with E-state index in [1.54, 1.807) is 24.3 Å². The SMILES string of the molecule is CCCCCOc1ccc(-c2ccc(C(=O)Oc3ccc(OCCCCC)c(OCC4CO4)c3)c(F)c2)cc1. The highest BCUT2D eigenvalue weighted by Gasteiger charge is 2.24. The first-order chi connectivity index (χ1) is 19.1. The van der Waals surface area contributed by atoms with Crippen LogP contribution in [-0.4, -0.2) is 38.5 Å². The molecule has 0 spiro atoms. The lowest BCUT2D eigenvalue weighted by molar-refractivity contribution is 0.0729. The third kappa shape index (κ3) is 8.72. The summed E-state index contributed by atoms with van der Waals surface area (Å²) in [5, 5.41) is 0. The first-order valence-electron chi connectivity index (χ1n) is 13.8. The van der Waals surface area contributed by atoms with Crippen LogP contribution >= 0.6 is 0 Å². The number of unbranched alkanes of at least 4 members (excludes halogenated alkanes) is 4. The quantitative estimate of drug-likeness (QED) is 0.0812. The highest BCUT2D eigenvalue weighted by molar-refractivity contribution is 5.92. The molecular formula is C32H37FO6. The monoisotopic (exact) mass is 536 g/mol. The molecule has 1 fully saturated rings. The van der Waals surface area contributed by atoms with Gasteiger partial charge in [-0.05, 0) is 60.4 Å². The van der Waals surface area contributed by atoms with Crippen molar-refractivity contribution in [3.8, 4) is 34.1 Å². The number of carbonyl (C=O) groups is 1. The normalized spacial score (nSPS) is 14.1. The van der Waals surface area contributed by atoms with Crippen molar-refractivity contribution in [1.82, 2.24) is 0 Å². The molecule has 1 aliphatic rings. The topological polar surface area (TPSA) is 66.5 Å². The summed E-state index contributed by atoms with van der Waals surface area (Å²) in [6.45, 7) is 6.57. The van der Waals surface area contributed by atoms with Crippen molar-refractivity contribution >= 4 is 5.97 Å². The first kappa shape index (κ1) is 28.4. The molecule has 0 bridgehead atoms. The minimum absolute atomic E-state index is 0.0614. The molecule has 7 heteroatoms. The maximum atomic E-state index is 15.0. The van der Waals surface area contributed by atoms with Crippen LogP contribution in [0.4, 0.5) is 4.39 Å². The van der Waals surface area contributed by atoms with Gasteiger partial charge in [-0.25, -0.2) is 9.18 Å². The van der Waals surface area contributed by atoms with Crippen molar-refractivity contribution in [3.05, 3.63) is 72.0 Å². The van der Waals surface area contributed by atoms with Gasteiger partial charge in [0.25, 0.3) is 0 Å². The molecule has 0 saturated carbocycles. The van der Waals surface area contributed by atoms with E-state index in [2.05, 4.69) is 13.8 Å². The van der Waals surface area contributed by atoms with Gasteiger partial charge in [0.1, 0.15) is 30.0 Å². The second-order valence-corrected chi connectivity index (χ2v) is 9.59. The Hall–Kier alpha value is -3.58. The number of rotatable bonds is 16. The zero-order valence-electron chi connectivity index (χ0n) is 22.7. The van der Waals surface area contributed by atoms with Crippen LogP contribution < -0.4 is 18.9 Å². The van der Waals surface area contributed by atoms with E-state index in [1.807, 2.05) is 24.3 Å². The Morgan fingerprint density at radius 1 is 0.795 bits per heavy atom. The summed E-state index contributed by atoms with van der Waals surface area (Å²) < 4.78 is 43.2. The number of carbonyl (C=O) groups excluding carboxylic acids is 1. The predicted octanol–water partition coefficient (Wildman–Crippen LogP) is 7.63. The van der Waals surface area contributed by atoms with Gasteiger partial charge >= 0.3 is 5.97 Å². The van der Waals surface area contributed by atoms with E-state index in [9.17, 15) is 9.18 Å². The second kappa shape index (κ2) is 14.5. The molecule has 1 unspecified atom stereocenters. The highest BCUT2D eigenvalue weighted by Crippen LogP contribution is 2.33. The van der Waals surface area contributed by atoms with Crippen LogP contribution in [0.15, 0.2) is 60.7 Å². The molecule has 6 nitrogen and oxygen atoms in total. The molecule has 0 aliphatic carbocycles. The van der Waals surface area contributed by atoms with Gasteiger partial charge in [-0.15, -0.1) is 0 Å². The number of hydrogen-bond donors (Lipinski definition) is 0. The minimum atomic E-state index is -0.789. The molecular weight excluding hydrogens is 499 g/mol. The summed E-state index contributed by atoms with van der Waals surface area (Å²) in [5.41, 5.74) is 1.33. The van der Waals surface area contributed by atoms with E-state index >= 15 is 0 Å². The Balaban J connectivity index is 1.39. The van der Waals surface area contributed by atoms with E-state index < -0.39 is 11.8 Å². The standard InChI is InChI=1S/C32H37FO6/c1-3-5-7-17-35-25-12-9-23(10-13-25)24-11-15-28(29(33)19-24)32(34)39-26-14-16-30(36-18-8-6-4-2)31(20-26)38-22-27-21-37-27/h9-16,19-20,27H,3-8,17-18,21-22H2,1-2H3.